The molecule has 4 bridgehead atoms. The van der Waals surface area contributed by atoms with Gasteiger partial charge in [0.1, 0.15) is 11.5 Å². The number of hydrogen-bond donors (Lipinski definition) is 2. The number of rotatable bonds is 0. The third kappa shape index (κ3) is 7.34. The van der Waals surface area contributed by atoms with E-state index in [1.807, 2.05) is 24.3 Å². The first-order chi connectivity index (χ1) is 15.8. The van der Waals surface area contributed by atoms with Crippen LogP contribution in [0.4, 0.5) is 5.69 Å². The molecule has 4 rings (SSSR count). The Bertz CT molecular complexity index is 1020. The van der Waals surface area contributed by atoms with E-state index in [-0.39, 0.29) is 49.8 Å². The molecule has 0 aliphatic carbocycles. The zero-order valence-electron chi connectivity index (χ0n) is 18.8. The van der Waals surface area contributed by atoms with E-state index in [2.05, 4.69) is 10.6 Å². The summed E-state index contributed by atoms with van der Waals surface area (Å²) in [6.45, 7) is 3.12. The van der Waals surface area contributed by atoms with Gasteiger partial charge in [0.05, 0.1) is 13.1 Å². The Balaban J connectivity index is 1.82. The molecule has 2 aliphatic rings. The van der Waals surface area contributed by atoms with Crippen LogP contribution >= 0.6 is 0 Å². The van der Waals surface area contributed by atoms with Crippen molar-refractivity contribution in [2.24, 2.45) is 0 Å². The Labute approximate surface area is 192 Å². The van der Waals surface area contributed by atoms with E-state index in [0.717, 1.165) is 5.56 Å². The molecule has 2 aromatic carbocycles. The second-order valence-corrected chi connectivity index (χ2v) is 7.80. The molecule has 0 saturated heterocycles. The molecule has 0 radical (unpaired) electrons. The average Bonchev–Trinajstić information content (AvgIpc) is 2.76. The monoisotopic (exact) mass is 452 g/mol. The van der Waals surface area contributed by atoms with Gasteiger partial charge in [-0.25, -0.2) is 0 Å². The molecule has 9 nitrogen and oxygen atoms in total. The van der Waals surface area contributed by atoms with Crippen molar-refractivity contribution >= 4 is 29.3 Å². The van der Waals surface area contributed by atoms with Crippen LogP contribution in [-0.2, 0) is 25.6 Å². The summed E-state index contributed by atoms with van der Waals surface area (Å²) in [5, 5.41) is 5.58. The molecule has 0 aromatic heterocycles. The number of fused-ring (bicyclic) bond motifs is 13. The molecule has 9 heteroatoms. The van der Waals surface area contributed by atoms with Crippen molar-refractivity contribution in [3.8, 4) is 11.5 Å². The Morgan fingerprint density at radius 1 is 0.848 bits per heavy atom. The van der Waals surface area contributed by atoms with Crippen LogP contribution < -0.4 is 15.4 Å². The molecule has 2 heterocycles. The minimum Gasteiger partial charge on any atom is -0.457 e. The number of anilines is 1. The number of carbonyl (C=O) groups is 4. The third-order valence-corrected chi connectivity index (χ3v) is 5.21. The summed E-state index contributed by atoms with van der Waals surface area (Å²) >= 11 is 0. The fourth-order valence-electron chi connectivity index (χ4n) is 3.38. The first-order valence-corrected chi connectivity index (χ1v) is 10.7. The van der Waals surface area contributed by atoms with Gasteiger partial charge in [-0.3, -0.25) is 19.2 Å². The van der Waals surface area contributed by atoms with Crippen LogP contribution in [0.25, 0.3) is 0 Å². The van der Waals surface area contributed by atoms with Crippen LogP contribution in [0.1, 0.15) is 19.4 Å². The number of benzene rings is 2. The van der Waals surface area contributed by atoms with Gasteiger partial charge in [0.2, 0.25) is 23.6 Å². The van der Waals surface area contributed by atoms with Crippen molar-refractivity contribution in [2.75, 3.05) is 38.0 Å². The number of amides is 4. The van der Waals surface area contributed by atoms with Crippen molar-refractivity contribution in [3.63, 3.8) is 0 Å². The van der Waals surface area contributed by atoms with Crippen molar-refractivity contribution < 1.29 is 23.9 Å². The molecule has 0 fully saturated rings. The summed E-state index contributed by atoms with van der Waals surface area (Å²) < 4.78 is 5.88. The van der Waals surface area contributed by atoms with Gasteiger partial charge in [0.15, 0.2) is 0 Å². The first-order valence-electron chi connectivity index (χ1n) is 10.7. The van der Waals surface area contributed by atoms with Gasteiger partial charge < -0.3 is 25.2 Å². The molecule has 2 aromatic rings. The summed E-state index contributed by atoms with van der Waals surface area (Å²) in [6, 6.07) is 14.5. The van der Waals surface area contributed by atoms with Gasteiger partial charge >= 0.3 is 0 Å². The lowest BCUT2D eigenvalue weighted by molar-refractivity contribution is -0.136. The highest BCUT2D eigenvalue weighted by Gasteiger charge is 2.19. The first kappa shape index (κ1) is 23.8. The van der Waals surface area contributed by atoms with Crippen LogP contribution in [-0.4, -0.2) is 66.2 Å². The van der Waals surface area contributed by atoms with E-state index >= 15 is 0 Å². The van der Waals surface area contributed by atoms with Crippen molar-refractivity contribution in [3.05, 3.63) is 54.1 Å². The minimum absolute atomic E-state index is 0.118. The Hall–Kier alpha value is -3.88. The normalized spacial score (nSPS) is 15.8. The fraction of sp³-hybridized carbons (Fsp3) is 0.333. The van der Waals surface area contributed by atoms with E-state index in [4.69, 9.17) is 4.74 Å². The average molecular weight is 453 g/mol. The van der Waals surface area contributed by atoms with Gasteiger partial charge in [-0.2, -0.15) is 0 Å². The molecule has 0 atom stereocenters. The molecule has 33 heavy (non-hydrogen) atoms. The maximum Gasteiger partial charge on any atom is 0.243 e. The number of hydrogen-bond acceptors (Lipinski definition) is 5. The summed E-state index contributed by atoms with van der Waals surface area (Å²) in [6.07, 6.45) is 0.631. The van der Waals surface area contributed by atoms with Crippen molar-refractivity contribution in [1.82, 2.24) is 15.1 Å². The largest absolute Gasteiger partial charge is 0.457 e. The van der Waals surface area contributed by atoms with E-state index in [0.29, 0.717) is 30.2 Å². The third-order valence-electron chi connectivity index (χ3n) is 5.21. The van der Waals surface area contributed by atoms with Crippen molar-refractivity contribution in [2.45, 2.75) is 20.3 Å². The smallest absolute Gasteiger partial charge is 0.243 e. The standard InChI is InChI=1S/C24H28N4O5/c1-17(29)27-12-13-28(18(2)30)16-24(32)26-20-4-3-5-22(14-20)33-21-8-6-19(7-9-21)10-11-25-23(31)15-27/h3-9,14H,10-13,15-16H2,1-2H3,(H,25,31)(H,26,32). The molecular weight excluding hydrogens is 424 g/mol. The van der Waals surface area contributed by atoms with E-state index in [1.165, 1.54) is 23.6 Å². The number of nitrogens with zero attached hydrogens (tertiary/aromatic N) is 2. The second-order valence-electron chi connectivity index (χ2n) is 7.80. The predicted molar refractivity (Wildman–Crippen MR) is 123 cm³/mol. The lowest BCUT2D eigenvalue weighted by Gasteiger charge is -2.26. The summed E-state index contributed by atoms with van der Waals surface area (Å²) in [4.78, 5) is 51.6. The zero-order valence-corrected chi connectivity index (χ0v) is 18.8. The summed E-state index contributed by atoms with van der Waals surface area (Å²) in [7, 11) is 0. The van der Waals surface area contributed by atoms with Crippen LogP contribution in [0.15, 0.2) is 48.5 Å². The number of ether oxygens (including phenoxy) is 1. The Morgan fingerprint density at radius 2 is 1.48 bits per heavy atom. The van der Waals surface area contributed by atoms with E-state index < -0.39 is 0 Å². The minimum atomic E-state index is -0.381. The zero-order chi connectivity index (χ0) is 23.8. The predicted octanol–water partition coefficient (Wildman–Crippen LogP) is 1.79. The second kappa shape index (κ2) is 11.1. The Morgan fingerprint density at radius 3 is 2.12 bits per heavy atom. The SMILES string of the molecule is CC(=O)N1CCN(C(C)=O)CC(=O)Nc2cccc(c2)Oc2ccc(cc2)CCNC(=O)C1. The number of nitrogens with one attached hydrogen (secondary N) is 2. The Kier molecular flexibility index (Phi) is 8.01. The molecular formula is C24H28N4O5. The summed E-state index contributed by atoms with van der Waals surface area (Å²) in [5.41, 5.74) is 1.56. The quantitative estimate of drug-likeness (QED) is 0.593. The van der Waals surface area contributed by atoms with Gasteiger partial charge in [-0.15, -0.1) is 0 Å². The van der Waals surface area contributed by atoms with Crippen LogP contribution in [0.3, 0.4) is 0 Å². The highest BCUT2D eigenvalue weighted by atomic mass is 16.5. The van der Waals surface area contributed by atoms with Crippen LogP contribution in [0, 0.1) is 0 Å². The molecule has 174 valence electrons. The topological polar surface area (TPSA) is 108 Å². The highest BCUT2D eigenvalue weighted by molar-refractivity contribution is 5.94. The molecule has 0 unspecified atom stereocenters. The molecule has 4 amide bonds. The highest BCUT2D eigenvalue weighted by Crippen LogP contribution is 2.24. The molecule has 2 aliphatic heterocycles. The van der Waals surface area contributed by atoms with E-state index in [1.54, 1.807) is 24.3 Å². The molecule has 0 saturated carbocycles. The van der Waals surface area contributed by atoms with Crippen LogP contribution in [0.2, 0.25) is 0 Å². The van der Waals surface area contributed by atoms with Gasteiger partial charge in [-0.1, -0.05) is 18.2 Å². The lowest BCUT2D eigenvalue weighted by atomic mass is 10.1. The molecule has 0 spiro atoms. The van der Waals surface area contributed by atoms with E-state index in [9.17, 15) is 19.2 Å². The fourth-order valence-corrected chi connectivity index (χ4v) is 3.38. The van der Waals surface area contributed by atoms with Gasteiger partial charge in [-0.05, 0) is 36.2 Å². The van der Waals surface area contributed by atoms with Crippen LogP contribution in [0.5, 0.6) is 11.5 Å². The maximum atomic E-state index is 12.6. The summed E-state index contributed by atoms with van der Waals surface area (Å²) in [5.74, 6) is -0.0605. The van der Waals surface area contributed by atoms with Gasteiger partial charge in [0, 0.05) is 45.2 Å². The molecule has 2 N–H and O–H groups in total. The van der Waals surface area contributed by atoms with Gasteiger partial charge in [0.25, 0.3) is 0 Å². The van der Waals surface area contributed by atoms with Crippen molar-refractivity contribution in [1.29, 1.82) is 0 Å². The lowest BCUT2D eigenvalue weighted by Crippen LogP contribution is -2.46. The maximum absolute atomic E-state index is 12.6. The number of carbonyl (C=O) groups excluding carboxylic acids is 4.